The van der Waals surface area contributed by atoms with Crippen LogP contribution in [0.25, 0.3) is 0 Å². The van der Waals surface area contributed by atoms with Crippen LogP contribution in [0.5, 0.6) is 0 Å². The number of rotatable bonds is 4. The SMILES string of the molecule is COC(=O)CCNc1cc(F)c(Cl)cc1N. The first-order valence-corrected chi connectivity index (χ1v) is 4.97. The minimum Gasteiger partial charge on any atom is -0.469 e. The van der Waals surface area contributed by atoms with Crippen molar-refractivity contribution in [1.82, 2.24) is 0 Å². The van der Waals surface area contributed by atoms with Crippen molar-refractivity contribution in [2.45, 2.75) is 6.42 Å². The smallest absolute Gasteiger partial charge is 0.307 e. The summed E-state index contributed by atoms with van der Waals surface area (Å²) in [6.45, 7) is 0.317. The average molecular weight is 247 g/mol. The van der Waals surface area contributed by atoms with E-state index in [1.54, 1.807) is 0 Å². The number of methoxy groups -OCH3 is 1. The highest BCUT2D eigenvalue weighted by atomic mass is 35.5. The van der Waals surface area contributed by atoms with Gasteiger partial charge in [0.25, 0.3) is 0 Å². The number of nitrogens with two attached hydrogens (primary N) is 1. The van der Waals surface area contributed by atoms with Gasteiger partial charge in [0.2, 0.25) is 0 Å². The van der Waals surface area contributed by atoms with Crippen LogP contribution in [0.1, 0.15) is 6.42 Å². The molecule has 1 aromatic rings. The molecule has 6 heteroatoms. The molecule has 0 fully saturated rings. The van der Waals surface area contributed by atoms with Gasteiger partial charge in [0, 0.05) is 12.6 Å². The van der Waals surface area contributed by atoms with E-state index in [0.29, 0.717) is 17.9 Å². The van der Waals surface area contributed by atoms with Crippen molar-refractivity contribution >= 4 is 28.9 Å². The summed E-state index contributed by atoms with van der Waals surface area (Å²) < 4.78 is 17.5. The summed E-state index contributed by atoms with van der Waals surface area (Å²) in [5.41, 5.74) is 6.35. The number of hydrogen-bond donors (Lipinski definition) is 2. The van der Waals surface area contributed by atoms with Gasteiger partial charge in [-0.3, -0.25) is 4.79 Å². The molecule has 1 rings (SSSR count). The van der Waals surface area contributed by atoms with E-state index in [9.17, 15) is 9.18 Å². The van der Waals surface area contributed by atoms with E-state index >= 15 is 0 Å². The largest absolute Gasteiger partial charge is 0.469 e. The van der Waals surface area contributed by atoms with E-state index in [2.05, 4.69) is 10.1 Å². The molecule has 0 unspecified atom stereocenters. The number of esters is 1. The number of ether oxygens (including phenoxy) is 1. The molecule has 0 aliphatic rings. The van der Waals surface area contributed by atoms with Gasteiger partial charge in [-0.05, 0) is 6.07 Å². The predicted molar refractivity (Wildman–Crippen MR) is 60.9 cm³/mol. The van der Waals surface area contributed by atoms with Crippen molar-refractivity contribution < 1.29 is 13.9 Å². The highest BCUT2D eigenvalue weighted by molar-refractivity contribution is 6.31. The van der Waals surface area contributed by atoms with Crippen molar-refractivity contribution in [3.63, 3.8) is 0 Å². The monoisotopic (exact) mass is 246 g/mol. The average Bonchev–Trinajstić information content (AvgIpc) is 2.25. The van der Waals surface area contributed by atoms with Gasteiger partial charge in [-0.25, -0.2) is 4.39 Å². The quantitative estimate of drug-likeness (QED) is 0.630. The molecule has 0 atom stereocenters. The third kappa shape index (κ3) is 3.27. The van der Waals surface area contributed by atoms with E-state index < -0.39 is 5.82 Å². The summed E-state index contributed by atoms with van der Waals surface area (Å²) in [5.74, 6) is -0.906. The van der Waals surface area contributed by atoms with Crippen LogP contribution in [0.15, 0.2) is 12.1 Å². The molecule has 3 N–H and O–H groups in total. The minimum atomic E-state index is -0.559. The Morgan fingerprint density at radius 2 is 2.31 bits per heavy atom. The van der Waals surface area contributed by atoms with Gasteiger partial charge in [0.1, 0.15) is 5.82 Å². The summed E-state index contributed by atoms with van der Waals surface area (Å²) in [6, 6.07) is 2.51. The number of benzene rings is 1. The zero-order chi connectivity index (χ0) is 12.1. The lowest BCUT2D eigenvalue weighted by molar-refractivity contribution is -0.140. The molecule has 0 bridgehead atoms. The van der Waals surface area contributed by atoms with Gasteiger partial charge >= 0.3 is 5.97 Å². The number of nitrogens with one attached hydrogen (secondary N) is 1. The van der Waals surface area contributed by atoms with Crippen LogP contribution in [-0.2, 0) is 9.53 Å². The Morgan fingerprint density at radius 1 is 1.62 bits per heavy atom. The molecule has 0 aromatic heterocycles. The number of halogens is 2. The summed E-state index contributed by atoms with van der Waals surface area (Å²) >= 11 is 5.54. The van der Waals surface area contributed by atoms with E-state index in [0.717, 1.165) is 0 Å². The maximum absolute atomic E-state index is 13.1. The first kappa shape index (κ1) is 12.6. The topological polar surface area (TPSA) is 64.3 Å². The van der Waals surface area contributed by atoms with Crippen LogP contribution in [-0.4, -0.2) is 19.6 Å². The van der Waals surface area contributed by atoms with E-state index in [-0.39, 0.29) is 17.4 Å². The van der Waals surface area contributed by atoms with Crippen LogP contribution in [0.3, 0.4) is 0 Å². The Bertz CT molecular complexity index is 399. The fraction of sp³-hybridized carbons (Fsp3) is 0.300. The number of anilines is 2. The third-order valence-corrected chi connectivity index (χ3v) is 2.25. The number of hydrogen-bond acceptors (Lipinski definition) is 4. The molecule has 16 heavy (non-hydrogen) atoms. The van der Waals surface area contributed by atoms with Crippen LogP contribution in [0.4, 0.5) is 15.8 Å². The zero-order valence-corrected chi connectivity index (χ0v) is 9.47. The van der Waals surface area contributed by atoms with Gasteiger partial charge in [-0.1, -0.05) is 11.6 Å². The molecule has 1 aromatic carbocycles. The Morgan fingerprint density at radius 3 is 2.94 bits per heavy atom. The maximum atomic E-state index is 13.1. The fourth-order valence-electron chi connectivity index (χ4n) is 1.12. The number of carbonyl (C=O) groups is 1. The molecule has 0 amide bonds. The second-order valence-electron chi connectivity index (χ2n) is 3.11. The Labute approximate surface area is 97.5 Å². The lowest BCUT2D eigenvalue weighted by Crippen LogP contribution is -2.10. The van der Waals surface area contributed by atoms with Crippen molar-refractivity contribution in [2.24, 2.45) is 0 Å². The molecule has 0 aliphatic carbocycles. The molecule has 0 saturated heterocycles. The molecule has 0 spiro atoms. The Balaban J connectivity index is 2.60. The summed E-state index contributed by atoms with van der Waals surface area (Å²) in [6.07, 6.45) is 0.181. The molecule has 0 radical (unpaired) electrons. The van der Waals surface area contributed by atoms with E-state index in [4.69, 9.17) is 17.3 Å². The molecular formula is C10H12ClFN2O2. The van der Waals surface area contributed by atoms with Crippen LogP contribution >= 0.6 is 11.6 Å². The van der Waals surface area contributed by atoms with E-state index in [1.165, 1.54) is 19.2 Å². The normalized spacial score (nSPS) is 9.94. The second kappa shape index (κ2) is 5.55. The van der Waals surface area contributed by atoms with Crippen molar-refractivity contribution in [3.05, 3.63) is 23.0 Å². The van der Waals surface area contributed by atoms with Gasteiger partial charge in [-0.2, -0.15) is 0 Å². The van der Waals surface area contributed by atoms with Crippen LogP contribution < -0.4 is 11.1 Å². The summed E-state index contributed by atoms with van der Waals surface area (Å²) in [4.78, 5) is 10.8. The summed E-state index contributed by atoms with van der Waals surface area (Å²) in [7, 11) is 1.30. The number of carbonyl (C=O) groups excluding carboxylic acids is 1. The molecule has 88 valence electrons. The Kier molecular flexibility index (Phi) is 4.37. The minimum absolute atomic E-state index is 0.0315. The first-order valence-electron chi connectivity index (χ1n) is 4.59. The Hall–Kier alpha value is -1.49. The van der Waals surface area contributed by atoms with Crippen LogP contribution in [0, 0.1) is 5.82 Å². The second-order valence-corrected chi connectivity index (χ2v) is 3.51. The fourth-order valence-corrected chi connectivity index (χ4v) is 1.29. The molecule has 0 aliphatic heterocycles. The molecule has 4 nitrogen and oxygen atoms in total. The number of nitrogen functional groups attached to an aromatic ring is 1. The van der Waals surface area contributed by atoms with Crippen LogP contribution in [0.2, 0.25) is 5.02 Å². The zero-order valence-electron chi connectivity index (χ0n) is 8.72. The van der Waals surface area contributed by atoms with Gasteiger partial charge < -0.3 is 15.8 Å². The maximum Gasteiger partial charge on any atom is 0.307 e. The van der Waals surface area contributed by atoms with Crippen molar-refractivity contribution in [1.29, 1.82) is 0 Å². The molecule has 0 saturated carbocycles. The standard InChI is InChI=1S/C10H12ClFN2O2/c1-16-10(15)2-3-14-9-5-7(12)6(11)4-8(9)13/h4-5,14H,2-3,13H2,1H3. The van der Waals surface area contributed by atoms with Crippen molar-refractivity contribution in [3.8, 4) is 0 Å². The van der Waals surface area contributed by atoms with Crippen molar-refractivity contribution in [2.75, 3.05) is 24.7 Å². The van der Waals surface area contributed by atoms with Gasteiger partial charge in [0.05, 0.1) is 29.9 Å². The highest BCUT2D eigenvalue weighted by Crippen LogP contribution is 2.25. The van der Waals surface area contributed by atoms with E-state index in [1.807, 2.05) is 0 Å². The summed E-state index contributed by atoms with van der Waals surface area (Å²) in [5, 5.41) is 2.79. The first-order chi connectivity index (χ1) is 7.54. The van der Waals surface area contributed by atoms with Gasteiger partial charge in [0.15, 0.2) is 0 Å². The molecular weight excluding hydrogens is 235 g/mol. The van der Waals surface area contributed by atoms with Gasteiger partial charge in [-0.15, -0.1) is 0 Å². The highest BCUT2D eigenvalue weighted by Gasteiger charge is 2.06. The lowest BCUT2D eigenvalue weighted by atomic mass is 10.2. The predicted octanol–water partition coefficient (Wildman–Crippen LogP) is 2.04. The third-order valence-electron chi connectivity index (χ3n) is 1.96. The lowest BCUT2D eigenvalue weighted by Gasteiger charge is -2.09. The molecule has 0 heterocycles.